The van der Waals surface area contributed by atoms with Crippen LogP contribution in [0.3, 0.4) is 0 Å². The van der Waals surface area contributed by atoms with Gasteiger partial charge in [-0.15, -0.1) is 0 Å². The van der Waals surface area contributed by atoms with Gasteiger partial charge >= 0.3 is 0 Å². The SMILES string of the molecule is CNc1nc(COCCC(C)C)nc2c1cnn2C. The average Bonchev–Trinajstić information content (AvgIpc) is 2.76. The minimum atomic E-state index is 0.433. The first kappa shape index (κ1) is 13.7. The Labute approximate surface area is 113 Å². The summed E-state index contributed by atoms with van der Waals surface area (Å²) in [6.45, 7) is 5.53. The number of ether oxygens (including phenoxy) is 1. The fourth-order valence-corrected chi connectivity index (χ4v) is 1.80. The number of hydrogen-bond donors (Lipinski definition) is 1. The molecule has 6 heteroatoms. The summed E-state index contributed by atoms with van der Waals surface area (Å²) in [5.74, 6) is 2.12. The van der Waals surface area contributed by atoms with Crippen molar-refractivity contribution in [1.29, 1.82) is 0 Å². The molecule has 2 aromatic rings. The molecule has 6 nitrogen and oxygen atoms in total. The number of aryl methyl sites for hydroxylation is 1. The molecule has 0 atom stereocenters. The third-order valence-corrected chi connectivity index (χ3v) is 2.95. The van der Waals surface area contributed by atoms with Crippen molar-refractivity contribution >= 4 is 16.9 Å². The van der Waals surface area contributed by atoms with Crippen LogP contribution in [-0.2, 0) is 18.4 Å². The summed E-state index contributed by atoms with van der Waals surface area (Å²) >= 11 is 0. The average molecular weight is 263 g/mol. The summed E-state index contributed by atoms with van der Waals surface area (Å²) in [6, 6.07) is 0. The van der Waals surface area contributed by atoms with Crippen molar-refractivity contribution in [3.05, 3.63) is 12.0 Å². The Morgan fingerprint density at radius 1 is 1.37 bits per heavy atom. The number of hydrogen-bond acceptors (Lipinski definition) is 5. The fourth-order valence-electron chi connectivity index (χ4n) is 1.80. The molecule has 2 aromatic heterocycles. The van der Waals surface area contributed by atoms with Gasteiger partial charge in [-0.2, -0.15) is 5.10 Å². The highest BCUT2D eigenvalue weighted by atomic mass is 16.5. The largest absolute Gasteiger partial charge is 0.373 e. The zero-order valence-electron chi connectivity index (χ0n) is 12.0. The monoisotopic (exact) mass is 263 g/mol. The zero-order chi connectivity index (χ0) is 13.8. The molecule has 1 N–H and O–H groups in total. The third-order valence-electron chi connectivity index (χ3n) is 2.95. The highest BCUT2D eigenvalue weighted by Crippen LogP contribution is 2.19. The Kier molecular flexibility index (Phi) is 4.31. The van der Waals surface area contributed by atoms with Crippen LogP contribution in [0.2, 0.25) is 0 Å². The second-order valence-corrected chi connectivity index (χ2v) is 4.98. The van der Waals surface area contributed by atoms with E-state index in [0.29, 0.717) is 18.3 Å². The third kappa shape index (κ3) is 3.20. The molecule has 0 unspecified atom stereocenters. The first-order valence-electron chi connectivity index (χ1n) is 6.56. The van der Waals surface area contributed by atoms with Gasteiger partial charge < -0.3 is 10.1 Å². The Hall–Kier alpha value is -1.69. The van der Waals surface area contributed by atoms with E-state index >= 15 is 0 Å². The lowest BCUT2D eigenvalue weighted by Gasteiger charge is -2.08. The fraction of sp³-hybridized carbons (Fsp3) is 0.615. The highest BCUT2D eigenvalue weighted by Gasteiger charge is 2.10. The molecule has 0 radical (unpaired) electrons. The number of rotatable bonds is 6. The molecule has 0 saturated heterocycles. The van der Waals surface area contributed by atoms with E-state index in [1.165, 1.54) is 0 Å². The molecular weight excluding hydrogens is 242 g/mol. The van der Waals surface area contributed by atoms with Gasteiger partial charge in [0.05, 0.1) is 11.6 Å². The second-order valence-electron chi connectivity index (χ2n) is 4.98. The van der Waals surface area contributed by atoms with Crippen molar-refractivity contribution in [3.8, 4) is 0 Å². The minimum Gasteiger partial charge on any atom is -0.373 e. The molecule has 0 fully saturated rings. The maximum absolute atomic E-state index is 5.61. The van der Waals surface area contributed by atoms with Crippen LogP contribution in [0.4, 0.5) is 5.82 Å². The zero-order valence-corrected chi connectivity index (χ0v) is 12.0. The molecule has 104 valence electrons. The van der Waals surface area contributed by atoms with Crippen LogP contribution < -0.4 is 5.32 Å². The van der Waals surface area contributed by atoms with Crippen LogP contribution in [0.25, 0.3) is 11.0 Å². The number of nitrogens with zero attached hydrogens (tertiary/aromatic N) is 4. The number of nitrogens with one attached hydrogen (secondary N) is 1. The van der Waals surface area contributed by atoms with Gasteiger partial charge in [0.15, 0.2) is 11.5 Å². The van der Waals surface area contributed by atoms with Crippen molar-refractivity contribution in [3.63, 3.8) is 0 Å². The molecule has 0 spiro atoms. The Morgan fingerprint density at radius 3 is 2.84 bits per heavy atom. The summed E-state index contributed by atoms with van der Waals surface area (Å²) < 4.78 is 7.36. The molecule has 0 saturated carbocycles. The number of aromatic nitrogens is 4. The first-order valence-corrected chi connectivity index (χ1v) is 6.56. The molecule has 0 amide bonds. The molecular formula is C13H21N5O. The van der Waals surface area contributed by atoms with E-state index < -0.39 is 0 Å². The van der Waals surface area contributed by atoms with Crippen molar-refractivity contribution in [2.24, 2.45) is 13.0 Å². The molecule has 0 aromatic carbocycles. The number of anilines is 1. The smallest absolute Gasteiger partial charge is 0.163 e. The molecule has 0 aliphatic rings. The van der Waals surface area contributed by atoms with Gasteiger partial charge in [-0.05, 0) is 12.3 Å². The lowest BCUT2D eigenvalue weighted by atomic mass is 10.1. The van der Waals surface area contributed by atoms with Crippen molar-refractivity contribution in [1.82, 2.24) is 19.7 Å². The lowest BCUT2D eigenvalue weighted by Crippen LogP contribution is -2.06. The Bertz CT molecular complexity index is 549. The van der Waals surface area contributed by atoms with E-state index in [1.807, 2.05) is 14.1 Å². The van der Waals surface area contributed by atoms with E-state index in [2.05, 4.69) is 34.2 Å². The predicted octanol–water partition coefficient (Wildman–Crippen LogP) is 1.97. The summed E-state index contributed by atoms with van der Waals surface area (Å²) in [7, 11) is 3.72. The minimum absolute atomic E-state index is 0.433. The van der Waals surface area contributed by atoms with Crippen LogP contribution in [0.15, 0.2) is 6.20 Å². The normalized spacial score (nSPS) is 11.4. The number of fused-ring (bicyclic) bond motifs is 1. The van der Waals surface area contributed by atoms with E-state index in [4.69, 9.17) is 4.74 Å². The van der Waals surface area contributed by atoms with Crippen molar-refractivity contribution in [2.75, 3.05) is 19.0 Å². The second kappa shape index (κ2) is 5.97. The summed E-state index contributed by atoms with van der Waals surface area (Å²) in [5, 5.41) is 8.20. The predicted molar refractivity (Wildman–Crippen MR) is 75.0 cm³/mol. The Balaban J connectivity index is 2.12. The van der Waals surface area contributed by atoms with E-state index in [1.54, 1.807) is 10.9 Å². The van der Waals surface area contributed by atoms with Gasteiger partial charge in [-0.3, -0.25) is 4.68 Å². The van der Waals surface area contributed by atoms with Gasteiger partial charge in [0.25, 0.3) is 0 Å². The molecule has 2 rings (SSSR count). The standard InChI is InChI=1S/C13H21N5O/c1-9(2)5-6-19-8-11-16-12(14-3)10-7-15-18(4)13(10)17-11/h7,9H,5-6,8H2,1-4H3,(H,14,16,17). The van der Waals surface area contributed by atoms with Crippen LogP contribution in [0.1, 0.15) is 26.1 Å². The van der Waals surface area contributed by atoms with Gasteiger partial charge in [0.1, 0.15) is 12.4 Å². The quantitative estimate of drug-likeness (QED) is 0.807. The van der Waals surface area contributed by atoms with Crippen LogP contribution in [0.5, 0.6) is 0 Å². The molecule has 2 heterocycles. The summed E-state index contributed by atoms with van der Waals surface area (Å²) in [4.78, 5) is 8.93. The molecule has 0 bridgehead atoms. The maximum atomic E-state index is 5.61. The first-order chi connectivity index (χ1) is 9.11. The van der Waals surface area contributed by atoms with E-state index in [9.17, 15) is 0 Å². The molecule has 19 heavy (non-hydrogen) atoms. The van der Waals surface area contributed by atoms with Gasteiger partial charge in [0, 0.05) is 20.7 Å². The van der Waals surface area contributed by atoms with E-state index in [0.717, 1.165) is 29.9 Å². The van der Waals surface area contributed by atoms with Crippen LogP contribution >= 0.6 is 0 Å². The van der Waals surface area contributed by atoms with Crippen LogP contribution in [0, 0.1) is 5.92 Å². The summed E-state index contributed by atoms with van der Waals surface area (Å²) in [6.07, 6.45) is 2.82. The highest BCUT2D eigenvalue weighted by molar-refractivity contribution is 5.86. The molecule has 0 aliphatic carbocycles. The lowest BCUT2D eigenvalue weighted by molar-refractivity contribution is 0.106. The molecule has 0 aliphatic heterocycles. The maximum Gasteiger partial charge on any atom is 0.163 e. The van der Waals surface area contributed by atoms with Gasteiger partial charge in [-0.1, -0.05) is 13.8 Å². The topological polar surface area (TPSA) is 64.9 Å². The Morgan fingerprint density at radius 2 is 2.16 bits per heavy atom. The van der Waals surface area contributed by atoms with Crippen molar-refractivity contribution < 1.29 is 4.74 Å². The van der Waals surface area contributed by atoms with Crippen LogP contribution in [-0.4, -0.2) is 33.4 Å². The van der Waals surface area contributed by atoms with Gasteiger partial charge in [-0.25, -0.2) is 9.97 Å². The van der Waals surface area contributed by atoms with E-state index in [-0.39, 0.29) is 0 Å². The summed E-state index contributed by atoms with van der Waals surface area (Å²) in [5.41, 5.74) is 0.821. The van der Waals surface area contributed by atoms with Crippen molar-refractivity contribution in [2.45, 2.75) is 26.9 Å². The van der Waals surface area contributed by atoms with Gasteiger partial charge in [0.2, 0.25) is 0 Å².